The number of cyclic esters (lactones) is 1. The summed E-state index contributed by atoms with van der Waals surface area (Å²) in [6.07, 6.45) is -2.15. The van der Waals surface area contributed by atoms with Gasteiger partial charge >= 0.3 is 36.1 Å². The van der Waals surface area contributed by atoms with Crippen molar-refractivity contribution >= 4 is 45.3 Å². The van der Waals surface area contributed by atoms with E-state index in [2.05, 4.69) is 9.84 Å². The van der Waals surface area contributed by atoms with Crippen LogP contribution >= 0.6 is 11.6 Å². The van der Waals surface area contributed by atoms with Gasteiger partial charge in [-0.25, -0.2) is 41.4 Å². The zero-order valence-corrected chi connectivity index (χ0v) is 28.1. The fraction of sp³-hybridized carbons (Fsp3) is 0.345. The van der Waals surface area contributed by atoms with Gasteiger partial charge in [0, 0.05) is 13.1 Å². The first-order chi connectivity index (χ1) is 23.3. The largest absolute Gasteiger partial charge is 0.573 e. The van der Waals surface area contributed by atoms with Crippen LogP contribution in [0.2, 0.25) is 5.02 Å². The maximum Gasteiger partial charge on any atom is 0.573 e. The van der Waals surface area contributed by atoms with Crippen molar-refractivity contribution in [2.24, 2.45) is 7.05 Å². The highest BCUT2D eigenvalue weighted by Crippen LogP contribution is 2.37. The normalized spacial score (nSPS) is 15.0. The average Bonchev–Trinajstić information content (AvgIpc) is 3.72. The Morgan fingerprint density at radius 1 is 1.08 bits per heavy atom. The van der Waals surface area contributed by atoms with Crippen molar-refractivity contribution in [2.75, 3.05) is 12.0 Å². The topological polar surface area (TPSA) is 177 Å². The molecule has 2 fully saturated rings. The summed E-state index contributed by atoms with van der Waals surface area (Å²) in [6.45, 7) is 3.27. The Hall–Kier alpha value is -5.11. The number of nitrogens with zero attached hydrogens (tertiary/aromatic N) is 4. The summed E-state index contributed by atoms with van der Waals surface area (Å²) in [5, 5.41) is 3.55. The van der Waals surface area contributed by atoms with Crippen LogP contribution in [-0.4, -0.2) is 60.4 Å². The Kier molecular flexibility index (Phi) is 11.2. The molecule has 0 spiro atoms. The van der Waals surface area contributed by atoms with Crippen LogP contribution in [0, 0.1) is 5.82 Å². The minimum Gasteiger partial charge on any atom is -0.489 e. The monoisotopic (exact) mass is 749 g/mol. The van der Waals surface area contributed by atoms with E-state index in [0.29, 0.717) is 10.5 Å². The Morgan fingerprint density at radius 3 is 2.28 bits per heavy atom. The van der Waals surface area contributed by atoms with Crippen molar-refractivity contribution in [3.05, 3.63) is 69.1 Å². The molecule has 1 aliphatic heterocycles. The molecule has 1 aliphatic carbocycles. The lowest BCUT2D eigenvalue weighted by Crippen LogP contribution is -2.40. The first-order valence-electron chi connectivity index (χ1n) is 14.4. The van der Waals surface area contributed by atoms with Gasteiger partial charge in [0.05, 0.1) is 23.9 Å². The highest BCUT2D eigenvalue weighted by atomic mass is 35.5. The summed E-state index contributed by atoms with van der Waals surface area (Å²) in [5.74, 6) is -2.38. The van der Waals surface area contributed by atoms with E-state index in [0.717, 1.165) is 67.7 Å². The van der Waals surface area contributed by atoms with Crippen LogP contribution in [0.3, 0.4) is 0 Å². The van der Waals surface area contributed by atoms with Gasteiger partial charge in [0.25, 0.3) is 10.0 Å². The molecule has 1 N–H and O–H groups in total. The molecule has 15 nitrogen and oxygen atoms in total. The number of amides is 3. The van der Waals surface area contributed by atoms with Gasteiger partial charge in [0.15, 0.2) is 5.76 Å². The van der Waals surface area contributed by atoms with Crippen molar-refractivity contribution in [3.8, 4) is 17.5 Å². The minimum atomic E-state index is -5.15. The number of rotatable bonds is 7. The highest BCUT2D eigenvalue weighted by molar-refractivity contribution is 7.90. The minimum absolute atomic E-state index is 0.00962. The molecule has 0 bridgehead atoms. The molecule has 0 atom stereocenters. The van der Waals surface area contributed by atoms with E-state index in [1.54, 1.807) is 13.8 Å². The lowest BCUT2D eigenvalue weighted by atomic mass is 10.2. The second-order valence-corrected chi connectivity index (χ2v) is 12.8. The van der Waals surface area contributed by atoms with Crippen LogP contribution in [0.5, 0.6) is 17.5 Å². The molecule has 270 valence electrons. The van der Waals surface area contributed by atoms with Crippen molar-refractivity contribution in [1.29, 1.82) is 0 Å². The zero-order valence-electron chi connectivity index (χ0n) is 26.5. The predicted molar refractivity (Wildman–Crippen MR) is 165 cm³/mol. The number of ether oxygens (including phenoxy) is 4. The zero-order chi connectivity index (χ0) is 37.1. The summed E-state index contributed by atoms with van der Waals surface area (Å²) in [5.41, 5.74) is -0.722. The summed E-state index contributed by atoms with van der Waals surface area (Å²) in [6, 6.07) is 4.29. The number of halogens is 5. The van der Waals surface area contributed by atoms with E-state index < -0.39 is 56.6 Å². The molecule has 0 radical (unpaired) electrons. The number of allylic oxidation sites excluding steroid dienone is 1. The molecule has 1 aromatic heterocycles. The van der Waals surface area contributed by atoms with E-state index in [1.165, 1.54) is 17.8 Å². The number of para-hydroxylation sites is 1. The number of hydrogen-bond acceptors (Lipinski definition) is 11. The molecule has 2 aliphatic rings. The first-order valence-corrected chi connectivity index (χ1v) is 16.2. The predicted octanol–water partition coefficient (Wildman–Crippen LogP) is 5.01. The maximum absolute atomic E-state index is 14.3. The van der Waals surface area contributed by atoms with E-state index in [9.17, 15) is 45.2 Å². The molecule has 2 heterocycles. The molecule has 0 unspecified atom stereocenters. The van der Waals surface area contributed by atoms with Gasteiger partial charge in [0.1, 0.15) is 22.2 Å². The number of methoxy groups -OCH3 is 1. The quantitative estimate of drug-likeness (QED) is 0.254. The number of hydrogen-bond donors (Lipinski definition) is 1. The van der Waals surface area contributed by atoms with Crippen LogP contribution < -0.4 is 29.5 Å². The summed E-state index contributed by atoms with van der Waals surface area (Å²) in [7, 11) is -2.45. The average molecular weight is 750 g/mol. The number of imide groups is 1. The number of aromatic nitrogens is 3. The first kappa shape index (κ1) is 37.7. The lowest BCUT2D eigenvalue weighted by Gasteiger charge is -2.18. The third kappa shape index (κ3) is 8.36. The summed E-state index contributed by atoms with van der Waals surface area (Å²) >= 11 is 6.04. The Labute approximate surface area is 285 Å². The number of benzene rings is 2. The molecule has 3 amide bonds. The van der Waals surface area contributed by atoms with E-state index in [1.807, 2.05) is 0 Å². The van der Waals surface area contributed by atoms with Gasteiger partial charge in [-0.05, 0) is 63.3 Å². The molecule has 3 aromatic rings. The van der Waals surface area contributed by atoms with Crippen molar-refractivity contribution in [2.45, 2.75) is 56.9 Å². The highest BCUT2D eigenvalue weighted by Gasteiger charge is 2.40. The SMILES string of the molecule is CC(C)=C1OC(=O)N(c2cc(OC3CCCC3)c(Cl)cc2F)C1=O.COc1nn(C(=O)NS(=O)(=O)c2ccccc2OC(F)(F)F)c(=O)n1C. The fourth-order valence-corrected chi connectivity index (χ4v) is 5.93. The van der Waals surface area contributed by atoms with Gasteiger partial charge in [-0.1, -0.05) is 23.7 Å². The third-order valence-corrected chi connectivity index (χ3v) is 8.62. The summed E-state index contributed by atoms with van der Waals surface area (Å²) in [4.78, 5) is 47.9. The van der Waals surface area contributed by atoms with Crippen LogP contribution in [0.1, 0.15) is 39.5 Å². The molecular formula is C29H28ClF4N5O10S. The standard InChI is InChI=1S/C17H17ClFNO4.C12H11F3N4O6S/c1-9(2)15-16(21)20(17(22)24-15)13-8-14(11(18)7-12(13)19)23-10-5-3-4-6-10;1-18-10(24-2)16-19(11(18)21)9(20)17-26(22,23)8-6-4-3-5-7(8)25-12(13,14)15/h7-8,10H,3-6H2,1-2H3;3-6H,1-2H3,(H,17,20). The van der Waals surface area contributed by atoms with Crippen LogP contribution in [0.25, 0.3) is 0 Å². The Morgan fingerprint density at radius 2 is 1.72 bits per heavy atom. The maximum atomic E-state index is 14.3. The summed E-state index contributed by atoms with van der Waals surface area (Å²) < 4.78 is 97.5. The Bertz CT molecular complexity index is 2020. The van der Waals surface area contributed by atoms with Crippen molar-refractivity contribution in [3.63, 3.8) is 0 Å². The van der Waals surface area contributed by atoms with E-state index >= 15 is 0 Å². The van der Waals surface area contributed by atoms with Gasteiger partial charge in [-0.2, -0.15) is 0 Å². The molecule has 2 aromatic carbocycles. The smallest absolute Gasteiger partial charge is 0.489 e. The van der Waals surface area contributed by atoms with Crippen molar-refractivity contribution in [1.82, 2.24) is 19.1 Å². The van der Waals surface area contributed by atoms with Crippen molar-refractivity contribution < 1.29 is 59.3 Å². The molecule has 1 saturated heterocycles. The molecule has 21 heteroatoms. The molecular weight excluding hydrogens is 722 g/mol. The van der Waals surface area contributed by atoms with Gasteiger partial charge < -0.3 is 18.9 Å². The van der Waals surface area contributed by atoms with E-state index in [4.69, 9.17) is 25.8 Å². The number of nitrogens with one attached hydrogen (secondary N) is 1. The van der Waals surface area contributed by atoms with Crippen LogP contribution in [0.15, 0.2) is 57.4 Å². The third-order valence-electron chi connectivity index (χ3n) is 6.96. The second-order valence-electron chi connectivity index (χ2n) is 10.7. The number of alkyl halides is 3. The van der Waals surface area contributed by atoms with Gasteiger partial charge in [-0.3, -0.25) is 4.79 Å². The fourth-order valence-electron chi connectivity index (χ4n) is 4.67. The molecule has 5 rings (SSSR count). The Balaban J connectivity index is 0.000000225. The number of anilines is 1. The van der Waals surface area contributed by atoms with Gasteiger partial charge in [-0.15, -0.1) is 23.0 Å². The number of sulfonamides is 1. The van der Waals surface area contributed by atoms with Crippen LogP contribution in [0.4, 0.5) is 32.8 Å². The second kappa shape index (κ2) is 14.8. The number of carbonyl (C=O) groups excluding carboxylic acids is 3. The lowest BCUT2D eigenvalue weighted by molar-refractivity contribution is -0.275. The molecule has 1 saturated carbocycles. The van der Waals surface area contributed by atoms with Gasteiger partial charge in [0.2, 0.25) is 0 Å². The van der Waals surface area contributed by atoms with E-state index in [-0.39, 0.29) is 39.0 Å². The van der Waals surface area contributed by atoms with Crippen LogP contribution in [-0.2, 0) is 26.6 Å². The molecule has 50 heavy (non-hydrogen) atoms. The number of carbonyl (C=O) groups is 3.